The Morgan fingerprint density at radius 1 is 1.00 bits per heavy atom. The summed E-state index contributed by atoms with van der Waals surface area (Å²) < 4.78 is 0. The molecule has 1 unspecified atom stereocenters. The van der Waals surface area contributed by atoms with E-state index < -0.39 is 0 Å². The lowest BCUT2D eigenvalue weighted by Crippen LogP contribution is -2.04. The standard InChI is InChI=1S/C19H20N4O/c1-12-3-5-15(6-4-12)17-18(24)19(22-11-21-17)23-16-9-7-14(8-10-16)13(2)20/h3-11,13,24H,20H2,1-2H3,(H,21,22,23). The van der Waals surface area contributed by atoms with Gasteiger partial charge in [-0.25, -0.2) is 9.97 Å². The molecule has 4 N–H and O–H groups in total. The highest BCUT2D eigenvalue weighted by Crippen LogP contribution is 2.33. The molecule has 0 saturated carbocycles. The minimum absolute atomic E-state index is 0.0142. The SMILES string of the molecule is Cc1ccc(-c2ncnc(Nc3ccc(C(C)N)cc3)c2O)cc1. The summed E-state index contributed by atoms with van der Waals surface area (Å²) in [4.78, 5) is 8.34. The monoisotopic (exact) mass is 320 g/mol. The maximum Gasteiger partial charge on any atom is 0.185 e. The normalized spacial score (nSPS) is 12.0. The van der Waals surface area contributed by atoms with Crippen molar-refractivity contribution in [3.63, 3.8) is 0 Å². The molecular weight excluding hydrogens is 300 g/mol. The summed E-state index contributed by atoms with van der Waals surface area (Å²) in [6.45, 7) is 3.95. The molecule has 5 heteroatoms. The molecule has 0 aliphatic rings. The third-order valence-electron chi connectivity index (χ3n) is 3.85. The van der Waals surface area contributed by atoms with Gasteiger partial charge in [0, 0.05) is 17.3 Å². The summed E-state index contributed by atoms with van der Waals surface area (Å²) in [5, 5.41) is 13.6. The number of nitrogens with two attached hydrogens (primary N) is 1. The van der Waals surface area contributed by atoms with Crippen LogP contribution in [0, 0.1) is 6.92 Å². The van der Waals surface area contributed by atoms with E-state index in [1.165, 1.54) is 6.33 Å². The molecule has 1 heterocycles. The Bertz CT molecular complexity index is 827. The molecule has 0 aliphatic carbocycles. The second-order valence-electron chi connectivity index (χ2n) is 5.82. The van der Waals surface area contributed by atoms with Gasteiger partial charge in [-0.05, 0) is 31.5 Å². The van der Waals surface area contributed by atoms with Gasteiger partial charge < -0.3 is 16.2 Å². The van der Waals surface area contributed by atoms with Gasteiger partial charge in [0.25, 0.3) is 0 Å². The number of nitrogens with zero attached hydrogens (tertiary/aromatic N) is 2. The van der Waals surface area contributed by atoms with E-state index in [1.54, 1.807) is 0 Å². The molecule has 24 heavy (non-hydrogen) atoms. The van der Waals surface area contributed by atoms with Gasteiger partial charge in [0.05, 0.1) is 0 Å². The molecule has 5 nitrogen and oxygen atoms in total. The van der Waals surface area contributed by atoms with E-state index in [2.05, 4.69) is 15.3 Å². The lowest BCUT2D eigenvalue weighted by atomic mass is 10.1. The van der Waals surface area contributed by atoms with Crippen molar-refractivity contribution in [2.75, 3.05) is 5.32 Å². The van der Waals surface area contributed by atoms with Gasteiger partial charge in [0.15, 0.2) is 11.6 Å². The van der Waals surface area contributed by atoms with Crippen molar-refractivity contribution in [1.29, 1.82) is 0 Å². The van der Waals surface area contributed by atoms with Gasteiger partial charge in [0.1, 0.15) is 12.0 Å². The largest absolute Gasteiger partial charge is 0.503 e. The fourth-order valence-electron chi connectivity index (χ4n) is 2.40. The predicted molar refractivity (Wildman–Crippen MR) is 96.2 cm³/mol. The molecule has 0 aliphatic heterocycles. The zero-order valence-corrected chi connectivity index (χ0v) is 13.7. The van der Waals surface area contributed by atoms with Crippen molar-refractivity contribution < 1.29 is 5.11 Å². The summed E-state index contributed by atoms with van der Waals surface area (Å²) in [5.41, 5.74) is 10.2. The molecule has 3 aromatic rings. The van der Waals surface area contributed by atoms with Crippen LogP contribution >= 0.6 is 0 Å². The molecule has 1 atom stereocenters. The summed E-state index contributed by atoms with van der Waals surface area (Å²) in [6, 6.07) is 15.5. The van der Waals surface area contributed by atoms with Crippen LogP contribution in [0.2, 0.25) is 0 Å². The van der Waals surface area contributed by atoms with Gasteiger partial charge in [-0.2, -0.15) is 0 Å². The summed E-state index contributed by atoms with van der Waals surface area (Å²) >= 11 is 0. The van der Waals surface area contributed by atoms with Crippen molar-refractivity contribution in [1.82, 2.24) is 9.97 Å². The maximum absolute atomic E-state index is 10.5. The number of anilines is 2. The summed E-state index contributed by atoms with van der Waals surface area (Å²) in [6.07, 6.45) is 1.44. The van der Waals surface area contributed by atoms with Crippen LogP contribution in [0.25, 0.3) is 11.3 Å². The Morgan fingerprint density at radius 3 is 2.29 bits per heavy atom. The van der Waals surface area contributed by atoms with Gasteiger partial charge in [-0.3, -0.25) is 0 Å². The second-order valence-corrected chi connectivity index (χ2v) is 5.82. The minimum Gasteiger partial charge on any atom is -0.503 e. The minimum atomic E-state index is -0.0142. The molecule has 0 fully saturated rings. The molecule has 1 aromatic heterocycles. The first-order chi connectivity index (χ1) is 11.5. The molecule has 3 rings (SSSR count). The van der Waals surface area contributed by atoms with Gasteiger partial charge in [-0.1, -0.05) is 42.0 Å². The molecule has 0 radical (unpaired) electrons. The molecule has 0 amide bonds. The second kappa shape index (κ2) is 6.68. The number of aromatic hydroxyl groups is 1. The lowest BCUT2D eigenvalue weighted by Gasteiger charge is -2.11. The highest BCUT2D eigenvalue weighted by molar-refractivity contribution is 5.74. The molecule has 0 saturated heterocycles. The third-order valence-corrected chi connectivity index (χ3v) is 3.85. The third kappa shape index (κ3) is 3.36. The average Bonchev–Trinajstić information content (AvgIpc) is 2.58. The average molecular weight is 320 g/mol. The fourth-order valence-corrected chi connectivity index (χ4v) is 2.40. The zero-order valence-electron chi connectivity index (χ0n) is 13.7. The summed E-state index contributed by atoms with van der Waals surface area (Å²) in [7, 11) is 0. The molecule has 122 valence electrons. The quantitative estimate of drug-likeness (QED) is 0.678. The van der Waals surface area contributed by atoms with Gasteiger partial charge in [-0.15, -0.1) is 0 Å². The predicted octanol–water partition coefficient (Wildman–Crippen LogP) is 3.92. The maximum atomic E-state index is 10.5. The number of aryl methyl sites for hydroxylation is 1. The van der Waals surface area contributed by atoms with Gasteiger partial charge in [0.2, 0.25) is 0 Å². The van der Waals surface area contributed by atoms with Crippen LogP contribution in [-0.4, -0.2) is 15.1 Å². The van der Waals surface area contributed by atoms with E-state index in [4.69, 9.17) is 5.73 Å². The number of rotatable bonds is 4. The van der Waals surface area contributed by atoms with E-state index in [9.17, 15) is 5.11 Å². The smallest absolute Gasteiger partial charge is 0.185 e. The molecular formula is C19H20N4O. The van der Waals surface area contributed by atoms with E-state index in [0.717, 1.165) is 22.4 Å². The lowest BCUT2D eigenvalue weighted by molar-refractivity contribution is 0.475. The highest BCUT2D eigenvalue weighted by atomic mass is 16.3. The number of nitrogens with one attached hydrogen (secondary N) is 1. The van der Waals surface area contributed by atoms with Crippen LogP contribution in [0.4, 0.5) is 11.5 Å². The zero-order chi connectivity index (χ0) is 17.1. The van der Waals surface area contributed by atoms with Crippen molar-refractivity contribution in [2.45, 2.75) is 19.9 Å². The van der Waals surface area contributed by atoms with E-state index in [0.29, 0.717) is 11.5 Å². The highest BCUT2D eigenvalue weighted by Gasteiger charge is 2.12. The molecule has 0 spiro atoms. The Kier molecular flexibility index (Phi) is 4.44. The van der Waals surface area contributed by atoms with E-state index in [-0.39, 0.29) is 11.8 Å². The van der Waals surface area contributed by atoms with E-state index >= 15 is 0 Å². The van der Waals surface area contributed by atoms with Crippen LogP contribution < -0.4 is 11.1 Å². The summed E-state index contributed by atoms with van der Waals surface area (Å²) in [5.74, 6) is 0.395. The van der Waals surface area contributed by atoms with Crippen LogP contribution in [0.3, 0.4) is 0 Å². The van der Waals surface area contributed by atoms with Crippen LogP contribution in [0.5, 0.6) is 5.75 Å². The Balaban J connectivity index is 1.89. The molecule has 0 bridgehead atoms. The van der Waals surface area contributed by atoms with Crippen LogP contribution in [-0.2, 0) is 0 Å². The van der Waals surface area contributed by atoms with E-state index in [1.807, 2.05) is 62.4 Å². The number of aromatic nitrogens is 2. The topological polar surface area (TPSA) is 84.1 Å². The Labute approximate surface area is 141 Å². The fraction of sp³-hybridized carbons (Fsp3) is 0.158. The first-order valence-electron chi connectivity index (χ1n) is 7.78. The van der Waals surface area contributed by atoms with Gasteiger partial charge >= 0.3 is 0 Å². The van der Waals surface area contributed by atoms with Crippen molar-refractivity contribution in [2.24, 2.45) is 5.73 Å². The first-order valence-corrected chi connectivity index (χ1v) is 7.78. The van der Waals surface area contributed by atoms with Crippen molar-refractivity contribution in [3.8, 4) is 17.0 Å². The van der Waals surface area contributed by atoms with Crippen molar-refractivity contribution >= 4 is 11.5 Å². The first kappa shape index (κ1) is 16.0. The number of benzene rings is 2. The number of hydrogen-bond donors (Lipinski definition) is 3. The van der Waals surface area contributed by atoms with Crippen LogP contribution in [0.15, 0.2) is 54.9 Å². The Hall–Kier alpha value is -2.92. The van der Waals surface area contributed by atoms with Crippen LogP contribution in [0.1, 0.15) is 24.1 Å². The number of hydrogen-bond acceptors (Lipinski definition) is 5. The van der Waals surface area contributed by atoms with Crippen molar-refractivity contribution in [3.05, 3.63) is 66.0 Å². The molecule has 2 aromatic carbocycles. The Morgan fingerprint density at radius 2 is 1.67 bits per heavy atom.